The third-order valence-corrected chi connectivity index (χ3v) is 2.47. The van der Waals surface area contributed by atoms with Gasteiger partial charge in [-0.3, -0.25) is 4.90 Å². The molecule has 0 aromatic carbocycles. The van der Waals surface area contributed by atoms with Gasteiger partial charge < -0.3 is 14.6 Å². The van der Waals surface area contributed by atoms with Gasteiger partial charge in [-0.15, -0.1) is 0 Å². The molecule has 1 N–H and O–H groups in total. The molecule has 0 aromatic rings. The molecule has 0 fully saturated rings. The fourth-order valence-corrected chi connectivity index (χ4v) is 1.42. The van der Waals surface area contributed by atoms with Gasteiger partial charge >= 0.3 is 12.1 Å². The Labute approximate surface area is 114 Å². The number of aliphatic carboxylic acids is 1. The van der Waals surface area contributed by atoms with Crippen molar-refractivity contribution in [3.05, 3.63) is 0 Å². The van der Waals surface area contributed by atoms with Crippen LogP contribution in [0.5, 0.6) is 0 Å². The summed E-state index contributed by atoms with van der Waals surface area (Å²) >= 11 is 0. The second kappa shape index (κ2) is 6.23. The van der Waals surface area contributed by atoms with Crippen molar-refractivity contribution in [3.63, 3.8) is 0 Å². The van der Waals surface area contributed by atoms with E-state index in [1.807, 2.05) is 13.8 Å². The minimum atomic E-state index is -1.74. The number of carboxylic acid groups (broad SMARTS) is 1. The highest BCUT2D eigenvalue weighted by atomic mass is 16.6. The van der Waals surface area contributed by atoms with Crippen molar-refractivity contribution in [2.24, 2.45) is 5.92 Å². The Balaban J connectivity index is 5.32. The average molecular weight is 275 g/mol. The lowest BCUT2D eigenvalue weighted by Gasteiger charge is -2.38. The molecule has 0 heterocycles. The molecule has 1 atom stereocenters. The summed E-state index contributed by atoms with van der Waals surface area (Å²) in [5.41, 5.74) is -2.44. The van der Waals surface area contributed by atoms with Crippen LogP contribution >= 0.6 is 0 Å². The third kappa shape index (κ3) is 5.06. The SMILES string of the molecule is CO[C@](C)(C(=O)O)N(CC(C)C)C(=O)OC(C)(C)C. The van der Waals surface area contributed by atoms with Crippen LogP contribution in [0.3, 0.4) is 0 Å². The van der Waals surface area contributed by atoms with Gasteiger partial charge in [0.1, 0.15) is 5.60 Å². The number of nitrogens with zero attached hydrogens (tertiary/aromatic N) is 1. The smallest absolute Gasteiger partial charge is 0.413 e. The van der Waals surface area contributed by atoms with E-state index in [0.717, 1.165) is 4.90 Å². The summed E-state index contributed by atoms with van der Waals surface area (Å²) in [5.74, 6) is -1.15. The van der Waals surface area contributed by atoms with Gasteiger partial charge in [-0.2, -0.15) is 0 Å². The van der Waals surface area contributed by atoms with E-state index in [1.54, 1.807) is 20.8 Å². The van der Waals surface area contributed by atoms with E-state index >= 15 is 0 Å². The molecule has 19 heavy (non-hydrogen) atoms. The molecule has 0 saturated heterocycles. The van der Waals surface area contributed by atoms with Gasteiger partial charge in [-0.25, -0.2) is 9.59 Å². The minimum Gasteiger partial charge on any atom is -0.478 e. The molecular weight excluding hydrogens is 250 g/mol. The Bertz CT molecular complexity index is 334. The standard InChI is InChI=1S/C13H25NO5/c1-9(2)8-14(11(17)19-12(3,4)5)13(6,18-7)10(15)16/h9H,8H2,1-7H3,(H,15,16)/t13-/m1/s1. The number of hydrogen-bond acceptors (Lipinski definition) is 4. The third-order valence-electron chi connectivity index (χ3n) is 2.47. The Hall–Kier alpha value is -1.30. The van der Waals surface area contributed by atoms with E-state index in [0.29, 0.717) is 0 Å². The number of methoxy groups -OCH3 is 1. The quantitative estimate of drug-likeness (QED) is 0.779. The fourth-order valence-electron chi connectivity index (χ4n) is 1.42. The molecule has 0 rings (SSSR count). The van der Waals surface area contributed by atoms with Crippen LogP contribution in [0.1, 0.15) is 41.5 Å². The summed E-state index contributed by atoms with van der Waals surface area (Å²) in [6.07, 6.45) is -0.701. The van der Waals surface area contributed by atoms with Gasteiger partial charge in [0.05, 0.1) is 0 Å². The zero-order valence-corrected chi connectivity index (χ0v) is 12.8. The van der Waals surface area contributed by atoms with E-state index in [4.69, 9.17) is 9.47 Å². The predicted octanol–water partition coefficient (Wildman–Crippen LogP) is 2.33. The number of ether oxygens (including phenoxy) is 2. The maximum Gasteiger partial charge on any atom is 0.413 e. The minimum absolute atomic E-state index is 0.0846. The van der Waals surface area contributed by atoms with Gasteiger partial charge in [0, 0.05) is 13.7 Å². The molecule has 6 nitrogen and oxygen atoms in total. The monoisotopic (exact) mass is 275 g/mol. The van der Waals surface area contributed by atoms with Crippen LogP contribution in [0, 0.1) is 5.92 Å². The molecule has 0 radical (unpaired) electrons. The number of hydrogen-bond donors (Lipinski definition) is 1. The Kier molecular flexibility index (Phi) is 5.81. The van der Waals surface area contributed by atoms with E-state index in [9.17, 15) is 14.7 Å². The maximum absolute atomic E-state index is 12.2. The Morgan fingerprint density at radius 3 is 1.95 bits per heavy atom. The summed E-state index contributed by atoms with van der Waals surface area (Å²) in [6, 6.07) is 0. The van der Waals surface area contributed by atoms with Crippen molar-refractivity contribution in [1.82, 2.24) is 4.90 Å². The summed E-state index contributed by atoms with van der Waals surface area (Å²) < 4.78 is 10.3. The van der Waals surface area contributed by atoms with Crippen LogP contribution < -0.4 is 0 Å². The molecule has 6 heteroatoms. The summed E-state index contributed by atoms with van der Waals surface area (Å²) in [4.78, 5) is 24.6. The van der Waals surface area contributed by atoms with Gasteiger partial charge in [0.15, 0.2) is 0 Å². The number of carbonyl (C=O) groups is 2. The molecule has 0 aliphatic heterocycles. The Morgan fingerprint density at radius 2 is 1.68 bits per heavy atom. The number of carbonyl (C=O) groups excluding carboxylic acids is 1. The van der Waals surface area contributed by atoms with Crippen molar-refractivity contribution in [2.45, 2.75) is 52.9 Å². The summed E-state index contributed by atoms with van der Waals surface area (Å²) in [7, 11) is 1.26. The molecule has 0 unspecified atom stereocenters. The van der Waals surface area contributed by atoms with E-state index in [2.05, 4.69) is 0 Å². The van der Waals surface area contributed by atoms with Crippen molar-refractivity contribution >= 4 is 12.1 Å². The molecule has 0 aliphatic carbocycles. The lowest BCUT2D eigenvalue weighted by Crippen LogP contribution is -2.58. The van der Waals surface area contributed by atoms with Crippen molar-refractivity contribution in [3.8, 4) is 0 Å². The molecule has 112 valence electrons. The van der Waals surface area contributed by atoms with Crippen LogP contribution in [-0.2, 0) is 14.3 Å². The van der Waals surface area contributed by atoms with Crippen molar-refractivity contribution in [2.75, 3.05) is 13.7 Å². The van der Waals surface area contributed by atoms with Crippen LogP contribution in [0.4, 0.5) is 4.79 Å². The van der Waals surface area contributed by atoms with Crippen molar-refractivity contribution in [1.29, 1.82) is 0 Å². The zero-order valence-electron chi connectivity index (χ0n) is 12.8. The number of amides is 1. The van der Waals surface area contributed by atoms with Crippen LogP contribution in [-0.4, -0.2) is 47.0 Å². The van der Waals surface area contributed by atoms with E-state index in [1.165, 1.54) is 14.0 Å². The first-order chi connectivity index (χ1) is 8.44. The van der Waals surface area contributed by atoms with Gasteiger partial charge in [-0.05, 0) is 33.6 Å². The lowest BCUT2D eigenvalue weighted by molar-refractivity contribution is -0.184. The average Bonchev–Trinajstić information content (AvgIpc) is 2.21. The first kappa shape index (κ1) is 17.7. The molecule has 0 saturated carbocycles. The first-order valence-corrected chi connectivity index (χ1v) is 6.23. The molecule has 0 bridgehead atoms. The van der Waals surface area contributed by atoms with Gasteiger partial charge in [0.25, 0.3) is 0 Å². The lowest BCUT2D eigenvalue weighted by atomic mass is 10.1. The topological polar surface area (TPSA) is 76.1 Å². The molecule has 1 amide bonds. The Morgan fingerprint density at radius 1 is 1.21 bits per heavy atom. The van der Waals surface area contributed by atoms with Crippen molar-refractivity contribution < 1.29 is 24.2 Å². The first-order valence-electron chi connectivity index (χ1n) is 6.23. The van der Waals surface area contributed by atoms with E-state index in [-0.39, 0.29) is 12.5 Å². The highest BCUT2D eigenvalue weighted by molar-refractivity contribution is 5.82. The highest BCUT2D eigenvalue weighted by Crippen LogP contribution is 2.22. The fraction of sp³-hybridized carbons (Fsp3) is 0.846. The van der Waals surface area contributed by atoms with Gasteiger partial charge in [-0.1, -0.05) is 13.8 Å². The molecular formula is C13H25NO5. The number of rotatable bonds is 5. The predicted molar refractivity (Wildman–Crippen MR) is 70.8 cm³/mol. The van der Waals surface area contributed by atoms with Crippen LogP contribution in [0.25, 0.3) is 0 Å². The maximum atomic E-state index is 12.2. The molecule has 0 aliphatic rings. The highest BCUT2D eigenvalue weighted by Gasteiger charge is 2.44. The largest absolute Gasteiger partial charge is 0.478 e. The van der Waals surface area contributed by atoms with E-state index < -0.39 is 23.4 Å². The summed E-state index contributed by atoms with van der Waals surface area (Å²) in [6.45, 7) is 10.5. The second-order valence-electron chi connectivity index (χ2n) is 5.98. The van der Waals surface area contributed by atoms with Gasteiger partial charge in [0.2, 0.25) is 5.72 Å². The van der Waals surface area contributed by atoms with Crippen LogP contribution in [0.2, 0.25) is 0 Å². The molecule has 0 spiro atoms. The normalized spacial score (nSPS) is 14.9. The second-order valence-corrected chi connectivity index (χ2v) is 5.98. The zero-order chi connectivity index (χ0) is 15.4. The van der Waals surface area contributed by atoms with Crippen LogP contribution in [0.15, 0.2) is 0 Å². The molecule has 0 aromatic heterocycles. The number of carboxylic acids is 1. The summed E-state index contributed by atoms with van der Waals surface area (Å²) in [5, 5.41) is 9.29.